The molecule has 1 atom stereocenters. The molecule has 0 aromatic heterocycles. The Morgan fingerprint density at radius 1 is 1.33 bits per heavy atom. The Kier molecular flexibility index (Phi) is 3.90. The van der Waals surface area contributed by atoms with Crippen molar-refractivity contribution in [3.05, 3.63) is 0 Å². The van der Waals surface area contributed by atoms with Crippen LogP contribution in [0.1, 0.15) is 40.0 Å². The topological polar surface area (TPSA) is 49.4 Å². The maximum Gasteiger partial charge on any atom is 0.248 e. The minimum absolute atomic E-state index is 0.000302. The summed E-state index contributed by atoms with van der Waals surface area (Å²) in [5, 5.41) is 2.84. The van der Waals surface area contributed by atoms with Gasteiger partial charge in [0.1, 0.15) is 11.6 Å². The zero-order valence-electron chi connectivity index (χ0n) is 11.4. The number of hydrogen-bond acceptors (Lipinski definition) is 3. The third-order valence-corrected chi connectivity index (χ3v) is 4.86. The van der Waals surface area contributed by atoms with E-state index in [0.29, 0.717) is 6.42 Å². The average molecular weight is 270 g/mol. The molecule has 0 saturated carbocycles. The Morgan fingerprint density at radius 3 is 2.50 bits per heavy atom. The summed E-state index contributed by atoms with van der Waals surface area (Å²) in [4.78, 5) is 26.6. The van der Waals surface area contributed by atoms with Crippen LogP contribution in [0.2, 0.25) is 0 Å². The minimum Gasteiger partial charge on any atom is -0.340 e. The Hall–Kier alpha value is -0.710. The lowest BCUT2D eigenvalue weighted by molar-refractivity contribution is -0.156. The molecule has 0 aliphatic carbocycles. The third kappa shape index (κ3) is 2.37. The number of carbonyl (C=O) groups excluding carboxylic acids is 2. The van der Waals surface area contributed by atoms with Crippen LogP contribution in [-0.4, -0.2) is 45.8 Å². The first kappa shape index (κ1) is 13.7. The molecule has 0 bridgehead atoms. The van der Waals surface area contributed by atoms with Gasteiger partial charge in [-0.1, -0.05) is 6.92 Å². The molecule has 0 aromatic carbocycles. The summed E-state index contributed by atoms with van der Waals surface area (Å²) < 4.78 is 0. The molecule has 1 N–H and O–H groups in total. The molecule has 5 heteroatoms. The summed E-state index contributed by atoms with van der Waals surface area (Å²) in [7, 11) is 0. The van der Waals surface area contributed by atoms with Crippen molar-refractivity contribution < 1.29 is 9.59 Å². The maximum atomic E-state index is 12.6. The number of rotatable bonds is 2. The Labute approximate surface area is 113 Å². The van der Waals surface area contributed by atoms with E-state index in [0.717, 1.165) is 24.3 Å². The normalized spacial score (nSPS) is 29.3. The number of hydrogen-bond donors (Lipinski definition) is 1. The molecule has 2 aliphatic rings. The van der Waals surface area contributed by atoms with Crippen LogP contribution in [0.5, 0.6) is 0 Å². The highest BCUT2D eigenvalue weighted by molar-refractivity contribution is 7.99. The molecule has 2 rings (SSSR count). The van der Waals surface area contributed by atoms with Gasteiger partial charge in [-0.25, -0.2) is 0 Å². The van der Waals surface area contributed by atoms with Crippen molar-refractivity contribution in [2.75, 3.05) is 11.5 Å². The SMILES string of the molecule is CCC1C(=O)NC(C)(C)C(=O)N1C1CCSCC1. The first-order valence-electron chi connectivity index (χ1n) is 6.70. The lowest BCUT2D eigenvalue weighted by Gasteiger charge is -2.47. The number of piperazine rings is 1. The van der Waals surface area contributed by atoms with E-state index in [1.165, 1.54) is 0 Å². The van der Waals surface area contributed by atoms with E-state index in [9.17, 15) is 9.59 Å². The van der Waals surface area contributed by atoms with Gasteiger partial charge in [-0.05, 0) is 44.6 Å². The molecule has 2 aliphatic heterocycles. The van der Waals surface area contributed by atoms with Crippen LogP contribution in [-0.2, 0) is 9.59 Å². The van der Waals surface area contributed by atoms with E-state index >= 15 is 0 Å². The molecule has 2 saturated heterocycles. The molecular formula is C13H22N2O2S. The van der Waals surface area contributed by atoms with Crippen molar-refractivity contribution in [1.29, 1.82) is 0 Å². The fourth-order valence-electron chi connectivity index (χ4n) is 2.80. The molecule has 0 aromatic rings. The highest BCUT2D eigenvalue weighted by atomic mass is 32.2. The van der Waals surface area contributed by atoms with E-state index in [1.807, 2.05) is 23.6 Å². The molecule has 2 heterocycles. The summed E-state index contributed by atoms with van der Waals surface area (Å²) in [6.07, 6.45) is 2.71. The molecular weight excluding hydrogens is 248 g/mol. The first-order chi connectivity index (χ1) is 8.47. The molecule has 2 amide bonds. The fourth-order valence-corrected chi connectivity index (χ4v) is 3.88. The number of nitrogens with zero attached hydrogens (tertiary/aromatic N) is 1. The maximum absolute atomic E-state index is 12.6. The second-order valence-corrected chi connectivity index (χ2v) is 6.82. The molecule has 18 heavy (non-hydrogen) atoms. The van der Waals surface area contributed by atoms with Gasteiger partial charge in [-0.3, -0.25) is 9.59 Å². The number of nitrogens with one attached hydrogen (secondary N) is 1. The van der Waals surface area contributed by atoms with Crippen molar-refractivity contribution in [3.8, 4) is 0 Å². The van der Waals surface area contributed by atoms with Crippen LogP contribution < -0.4 is 5.32 Å². The Morgan fingerprint density at radius 2 is 1.94 bits per heavy atom. The van der Waals surface area contributed by atoms with Crippen LogP contribution in [0.25, 0.3) is 0 Å². The van der Waals surface area contributed by atoms with Crippen molar-refractivity contribution >= 4 is 23.6 Å². The lowest BCUT2D eigenvalue weighted by atomic mass is 9.92. The van der Waals surface area contributed by atoms with Gasteiger partial charge < -0.3 is 10.2 Å². The quantitative estimate of drug-likeness (QED) is 0.825. The van der Waals surface area contributed by atoms with Gasteiger partial charge in [0.25, 0.3) is 0 Å². The van der Waals surface area contributed by atoms with Crippen molar-refractivity contribution in [3.63, 3.8) is 0 Å². The number of amides is 2. The average Bonchev–Trinajstić information content (AvgIpc) is 2.34. The fraction of sp³-hybridized carbons (Fsp3) is 0.846. The lowest BCUT2D eigenvalue weighted by Crippen LogP contribution is -2.70. The van der Waals surface area contributed by atoms with Crippen LogP contribution in [0, 0.1) is 0 Å². The Balaban J connectivity index is 2.25. The molecule has 4 nitrogen and oxygen atoms in total. The highest BCUT2D eigenvalue weighted by Gasteiger charge is 2.47. The van der Waals surface area contributed by atoms with Gasteiger partial charge >= 0.3 is 0 Å². The van der Waals surface area contributed by atoms with Gasteiger partial charge in [-0.15, -0.1) is 0 Å². The van der Waals surface area contributed by atoms with Crippen molar-refractivity contribution in [2.45, 2.75) is 57.7 Å². The monoisotopic (exact) mass is 270 g/mol. The van der Waals surface area contributed by atoms with Gasteiger partial charge in [-0.2, -0.15) is 11.8 Å². The molecule has 102 valence electrons. The van der Waals surface area contributed by atoms with Gasteiger partial charge in [0.2, 0.25) is 11.8 Å². The standard InChI is InChI=1S/C13H22N2O2S/c1-4-10-11(16)14-13(2,3)12(17)15(10)9-5-7-18-8-6-9/h9-10H,4-8H2,1-3H3,(H,14,16). The van der Waals surface area contributed by atoms with E-state index < -0.39 is 5.54 Å². The van der Waals surface area contributed by atoms with E-state index in [1.54, 1.807) is 13.8 Å². The van der Waals surface area contributed by atoms with Crippen molar-refractivity contribution in [2.24, 2.45) is 0 Å². The van der Waals surface area contributed by atoms with Gasteiger partial charge in [0, 0.05) is 6.04 Å². The third-order valence-electron chi connectivity index (χ3n) is 3.81. The summed E-state index contributed by atoms with van der Waals surface area (Å²) in [5.74, 6) is 2.26. The second kappa shape index (κ2) is 5.11. The Bertz CT molecular complexity index is 351. The summed E-state index contributed by atoms with van der Waals surface area (Å²) in [5.41, 5.74) is -0.757. The van der Waals surface area contributed by atoms with E-state index in [4.69, 9.17) is 0 Å². The van der Waals surface area contributed by atoms with E-state index in [2.05, 4.69) is 5.32 Å². The minimum atomic E-state index is -0.757. The van der Waals surface area contributed by atoms with Crippen LogP contribution in [0.15, 0.2) is 0 Å². The highest BCUT2D eigenvalue weighted by Crippen LogP contribution is 2.29. The number of carbonyl (C=O) groups is 2. The molecule has 0 radical (unpaired) electrons. The molecule has 2 fully saturated rings. The number of thioether (sulfide) groups is 1. The molecule has 1 unspecified atom stereocenters. The largest absolute Gasteiger partial charge is 0.340 e. The van der Waals surface area contributed by atoms with Gasteiger partial charge in [0.05, 0.1) is 0 Å². The predicted molar refractivity (Wildman–Crippen MR) is 73.5 cm³/mol. The zero-order valence-corrected chi connectivity index (χ0v) is 12.2. The van der Waals surface area contributed by atoms with Crippen LogP contribution in [0.4, 0.5) is 0 Å². The first-order valence-corrected chi connectivity index (χ1v) is 7.85. The van der Waals surface area contributed by atoms with Crippen molar-refractivity contribution in [1.82, 2.24) is 10.2 Å². The summed E-state index contributed by atoms with van der Waals surface area (Å²) in [6, 6.07) is -0.0346. The van der Waals surface area contributed by atoms with E-state index in [-0.39, 0.29) is 23.9 Å². The van der Waals surface area contributed by atoms with Gasteiger partial charge in [0.15, 0.2) is 0 Å². The second-order valence-electron chi connectivity index (χ2n) is 5.59. The van der Waals surface area contributed by atoms with Crippen LogP contribution >= 0.6 is 11.8 Å². The molecule has 0 spiro atoms. The smallest absolute Gasteiger partial charge is 0.248 e. The zero-order chi connectivity index (χ0) is 13.3. The summed E-state index contributed by atoms with van der Waals surface area (Å²) >= 11 is 1.93. The predicted octanol–water partition coefficient (Wildman–Crippen LogP) is 1.40. The summed E-state index contributed by atoms with van der Waals surface area (Å²) in [6.45, 7) is 5.56. The van der Waals surface area contributed by atoms with Crippen LogP contribution in [0.3, 0.4) is 0 Å².